The second kappa shape index (κ2) is 8.86. The largest absolute Gasteiger partial charge is 0.488 e. The van der Waals surface area contributed by atoms with Gasteiger partial charge in [-0.25, -0.2) is 0 Å². The van der Waals surface area contributed by atoms with Gasteiger partial charge in [-0.2, -0.15) is 0 Å². The van der Waals surface area contributed by atoms with Gasteiger partial charge in [-0.3, -0.25) is 9.59 Å². The van der Waals surface area contributed by atoms with Crippen molar-refractivity contribution >= 4 is 23.2 Å². The molecule has 0 aromatic heterocycles. The molecular formula is C23H22N2O3. The van der Waals surface area contributed by atoms with Crippen LogP contribution in [0, 0.1) is 6.92 Å². The number of hydrogen-bond donors (Lipinski definition) is 2. The molecule has 0 fully saturated rings. The van der Waals surface area contributed by atoms with Crippen LogP contribution >= 0.6 is 0 Å². The highest BCUT2D eigenvalue weighted by atomic mass is 16.5. The first-order valence-electron chi connectivity index (χ1n) is 8.98. The van der Waals surface area contributed by atoms with E-state index in [9.17, 15) is 9.59 Å². The zero-order valence-corrected chi connectivity index (χ0v) is 15.9. The van der Waals surface area contributed by atoms with E-state index in [1.54, 1.807) is 30.3 Å². The first-order valence-corrected chi connectivity index (χ1v) is 8.98. The van der Waals surface area contributed by atoms with Crippen molar-refractivity contribution in [1.29, 1.82) is 0 Å². The van der Waals surface area contributed by atoms with Crippen molar-refractivity contribution in [3.63, 3.8) is 0 Å². The fourth-order valence-corrected chi connectivity index (χ4v) is 2.74. The van der Waals surface area contributed by atoms with Gasteiger partial charge in [-0.15, -0.1) is 0 Å². The van der Waals surface area contributed by atoms with Gasteiger partial charge in [0.1, 0.15) is 12.4 Å². The van der Waals surface area contributed by atoms with Gasteiger partial charge < -0.3 is 15.4 Å². The number of nitrogens with one attached hydrogen (secondary N) is 2. The minimum atomic E-state index is -0.277. The van der Waals surface area contributed by atoms with Crippen LogP contribution in [0.1, 0.15) is 28.4 Å². The smallest absolute Gasteiger partial charge is 0.259 e. The third kappa shape index (κ3) is 4.98. The van der Waals surface area contributed by atoms with E-state index in [2.05, 4.69) is 10.6 Å². The Labute approximate surface area is 164 Å². The van der Waals surface area contributed by atoms with Gasteiger partial charge in [0, 0.05) is 18.3 Å². The predicted octanol–water partition coefficient (Wildman–Crippen LogP) is 4.78. The third-order valence-electron chi connectivity index (χ3n) is 4.17. The van der Waals surface area contributed by atoms with Crippen LogP contribution < -0.4 is 15.4 Å². The van der Waals surface area contributed by atoms with Crippen molar-refractivity contribution in [2.45, 2.75) is 20.5 Å². The van der Waals surface area contributed by atoms with E-state index in [-0.39, 0.29) is 11.8 Å². The maximum absolute atomic E-state index is 12.8. The van der Waals surface area contributed by atoms with Crippen LogP contribution in [0.15, 0.2) is 72.8 Å². The highest BCUT2D eigenvalue weighted by Crippen LogP contribution is 2.24. The van der Waals surface area contributed by atoms with E-state index in [4.69, 9.17) is 4.74 Å². The standard InChI is InChI=1S/C23H22N2O3/c1-16-12-13-19(14-21(16)24-17(2)26)25-23(27)20-10-6-7-11-22(20)28-15-18-8-4-3-5-9-18/h3-14H,15H2,1-2H3,(H,24,26)(H,25,27). The summed E-state index contributed by atoms with van der Waals surface area (Å²) in [5, 5.41) is 5.63. The van der Waals surface area contributed by atoms with Crippen LogP contribution in [0.5, 0.6) is 5.75 Å². The number of hydrogen-bond acceptors (Lipinski definition) is 3. The van der Waals surface area contributed by atoms with E-state index >= 15 is 0 Å². The normalized spacial score (nSPS) is 10.2. The lowest BCUT2D eigenvalue weighted by atomic mass is 10.1. The molecule has 0 bridgehead atoms. The lowest BCUT2D eigenvalue weighted by Crippen LogP contribution is -2.14. The molecule has 0 atom stereocenters. The Bertz CT molecular complexity index is 984. The number of anilines is 2. The summed E-state index contributed by atoms with van der Waals surface area (Å²) in [6.07, 6.45) is 0. The SMILES string of the molecule is CC(=O)Nc1cc(NC(=O)c2ccccc2OCc2ccccc2)ccc1C. The molecule has 0 heterocycles. The Kier molecular flexibility index (Phi) is 6.07. The first kappa shape index (κ1) is 19.2. The number of amides is 2. The van der Waals surface area contributed by atoms with Crippen molar-refractivity contribution in [2.75, 3.05) is 10.6 Å². The molecule has 2 N–H and O–H groups in total. The molecule has 0 aliphatic heterocycles. The zero-order chi connectivity index (χ0) is 19.9. The molecule has 0 radical (unpaired) electrons. The molecule has 0 aliphatic carbocycles. The van der Waals surface area contributed by atoms with Gasteiger partial charge in [0.2, 0.25) is 5.91 Å². The van der Waals surface area contributed by atoms with Gasteiger partial charge in [0.25, 0.3) is 5.91 Å². The van der Waals surface area contributed by atoms with E-state index in [1.165, 1.54) is 6.92 Å². The molecule has 0 saturated carbocycles. The van der Waals surface area contributed by atoms with Gasteiger partial charge in [-0.05, 0) is 42.3 Å². The Morgan fingerprint density at radius 2 is 1.61 bits per heavy atom. The second-order valence-electron chi connectivity index (χ2n) is 6.44. The van der Waals surface area contributed by atoms with E-state index < -0.39 is 0 Å². The highest BCUT2D eigenvalue weighted by Gasteiger charge is 2.13. The van der Waals surface area contributed by atoms with Crippen LogP contribution in [-0.4, -0.2) is 11.8 Å². The number of ether oxygens (including phenoxy) is 1. The molecular weight excluding hydrogens is 352 g/mol. The van der Waals surface area contributed by atoms with Crippen LogP contribution in [0.4, 0.5) is 11.4 Å². The predicted molar refractivity (Wildman–Crippen MR) is 111 cm³/mol. The van der Waals surface area contributed by atoms with Crippen molar-refractivity contribution in [1.82, 2.24) is 0 Å². The Hall–Kier alpha value is -3.60. The lowest BCUT2D eigenvalue weighted by Gasteiger charge is -2.13. The maximum atomic E-state index is 12.8. The molecule has 0 saturated heterocycles. The summed E-state index contributed by atoms with van der Waals surface area (Å²) in [6.45, 7) is 3.72. The number of rotatable bonds is 6. The summed E-state index contributed by atoms with van der Waals surface area (Å²) in [5.41, 5.74) is 3.65. The summed E-state index contributed by atoms with van der Waals surface area (Å²) in [4.78, 5) is 24.1. The number of aryl methyl sites for hydroxylation is 1. The van der Waals surface area contributed by atoms with E-state index in [0.717, 1.165) is 11.1 Å². The molecule has 0 aliphatic rings. The number of benzene rings is 3. The maximum Gasteiger partial charge on any atom is 0.259 e. The number of carbonyl (C=O) groups is 2. The zero-order valence-electron chi connectivity index (χ0n) is 15.9. The molecule has 142 valence electrons. The highest BCUT2D eigenvalue weighted by molar-refractivity contribution is 6.06. The summed E-state index contributed by atoms with van der Waals surface area (Å²) >= 11 is 0. The van der Waals surface area contributed by atoms with Crippen molar-refractivity contribution in [3.8, 4) is 5.75 Å². The molecule has 3 aromatic rings. The fourth-order valence-electron chi connectivity index (χ4n) is 2.74. The van der Waals surface area contributed by atoms with Crippen LogP contribution in [0.25, 0.3) is 0 Å². The third-order valence-corrected chi connectivity index (χ3v) is 4.17. The fraction of sp³-hybridized carbons (Fsp3) is 0.130. The van der Waals surface area contributed by atoms with Crippen LogP contribution in [-0.2, 0) is 11.4 Å². The number of carbonyl (C=O) groups excluding carboxylic acids is 2. The quantitative estimate of drug-likeness (QED) is 0.652. The molecule has 0 spiro atoms. The first-order chi connectivity index (χ1) is 13.5. The molecule has 2 amide bonds. The van der Waals surface area contributed by atoms with Crippen LogP contribution in [0.2, 0.25) is 0 Å². The topological polar surface area (TPSA) is 67.4 Å². The van der Waals surface area contributed by atoms with Gasteiger partial charge >= 0.3 is 0 Å². The molecule has 0 unspecified atom stereocenters. The number of para-hydroxylation sites is 1. The van der Waals surface area contributed by atoms with Crippen molar-refractivity contribution in [3.05, 3.63) is 89.5 Å². The van der Waals surface area contributed by atoms with Crippen LogP contribution in [0.3, 0.4) is 0 Å². The molecule has 28 heavy (non-hydrogen) atoms. The summed E-state index contributed by atoms with van der Waals surface area (Å²) in [6, 6.07) is 22.3. The van der Waals surface area contributed by atoms with Crippen molar-refractivity contribution in [2.24, 2.45) is 0 Å². The van der Waals surface area contributed by atoms with Crippen molar-refractivity contribution < 1.29 is 14.3 Å². The molecule has 3 rings (SSSR count). The summed E-state index contributed by atoms with van der Waals surface area (Å²) in [5.74, 6) is 0.0746. The molecule has 3 aromatic carbocycles. The van der Waals surface area contributed by atoms with Gasteiger partial charge in [0.05, 0.1) is 5.56 Å². The van der Waals surface area contributed by atoms with Gasteiger partial charge in [-0.1, -0.05) is 48.5 Å². The Morgan fingerprint density at radius 1 is 0.893 bits per heavy atom. The lowest BCUT2D eigenvalue weighted by molar-refractivity contribution is -0.114. The molecule has 5 heteroatoms. The van der Waals surface area contributed by atoms with E-state index in [0.29, 0.717) is 29.3 Å². The Morgan fingerprint density at radius 3 is 2.36 bits per heavy atom. The summed E-state index contributed by atoms with van der Waals surface area (Å²) in [7, 11) is 0. The minimum absolute atomic E-state index is 0.161. The monoisotopic (exact) mass is 374 g/mol. The van der Waals surface area contributed by atoms with E-state index in [1.807, 2.05) is 49.4 Å². The second-order valence-corrected chi connectivity index (χ2v) is 6.44. The minimum Gasteiger partial charge on any atom is -0.488 e. The van der Waals surface area contributed by atoms with Gasteiger partial charge in [0.15, 0.2) is 0 Å². The average Bonchev–Trinajstić information content (AvgIpc) is 2.69. The molecule has 5 nitrogen and oxygen atoms in total. The average molecular weight is 374 g/mol. The summed E-state index contributed by atoms with van der Waals surface area (Å²) < 4.78 is 5.86. The Balaban J connectivity index is 1.75.